The van der Waals surface area contributed by atoms with Crippen molar-refractivity contribution in [3.8, 4) is 0 Å². The summed E-state index contributed by atoms with van der Waals surface area (Å²) in [5.41, 5.74) is -0.00576. The lowest BCUT2D eigenvalue weighted by atomic mass is 9.84. The number of methoxy groups -OCH3 is 1. The normalized spacial score (nSPS) is 23.6. The zero-order valence-corrected chi connectivity index (χ0v) is 34.0. The highest BCUT2D eigenvalue weighted by Gasteiger charge is 2.40. The summed E-state index contributed by atoms with van der Waals surface area (Å²) in [5.74, 6) is -0.776. The number of amides is 2. The standard InChI is InChI=1S/C21H27F6N3O.C21H30F3N3O2/c22-20(23,24)16-2-1-3-18(14-16)30-12-10-29(11-13-30)9-8-15-4-6-17(7-5-15)28-19(31)21(25,26)27;1-29-20(28)25-18-7-5-16(6-8-18)9-10-26-11-13-27(14-12-26)19-4-2-3-17(15-19)21(22,23)24/h1-3,14-15,17H,4-13H2,(H,28,31);2-4,15-16,18H,5-14H2,1H3,(H,25,28). The van der Waals surface area contributed by atoms with E-state index in [4.69, 9.17) is 0 Å². The molecule has 2 aliphatic heterocycles. The van der Waals surface area contributed by atoms with Crippen molar-refractivity contribution in [1.29, 1.82) is 0 Å². The molecule has 9 nitrogen and oxygen atoms in total. The maximum Gasteiger partial charge on any atom is 0.471 e. The van der Waals surface area contributed by atoms with Gasteiger partial charge in [-0.15, -0.1) is 0 Å². The van der Waals surface area contributed by atoms with Crippen LogP contribution in [0.5, 0.6) is 0 Å². The van der Waals surface area contributed by atoms with Crippen LogP contribution >= 0.6 is 0 Å². The van der Waals surface area contributed by atoms with Gasteiger partial charge in [-0.05, 0) is 126 Å². The minimum atomic E-state index is -4.84. The minimum Gasteiger partial charge on any atom is -0.453 e. The Morgan fingerprint density at radius 3 is 1.32 bits per heavy atom. The Balaban J connectivity index is 0.000000228. The highest BCUT2D eigenvalue weighted by molar-refractivity contribution is 5.81. The van der Waals surface area contributed by atoms with Gasteiger partial charge in [-0.25, -0.2) is 4.79 Å². The SMILES string of the molecule is COC(=O)NC1CCC(CCN2CCN(c3cccc(C(F)(F)F)c3)CC2)CC1.O=C(NC1CCC(CCN2CCN(c3cccc(C(F)(F)F)c3)CC2)CC1)C(F)(F)F. The lowest BCUT2D eigenvalue weighted by Crippen LogP contribution is -2.47. The third-order valence-electron chi connectivity index (χ3n) is 12.3. The molecule has 2 saturated carbocycles. The highest BCUT2D eigenvalue weighted by Crippen LogP contribution is 2.34. The largest absolute Gasteiger partial charge is 0.471 e. The molecule has 4 aliphatic rings. The molecule has 0 atom stereocenters. The maximum absolute atomic E-state index is 12.9. The second-order valence-electron chi connectivity index (χ2n) is 16.4. The summed E-state index contributed by atoms with van der Waals surface area (Å²) in [6.45, 7) is 7.94. The zero-order chi connectivity index (χ0) is 43.5. The second kappa shape index (κ2) is 21.2. The third kappa shape index (κ3) is 14.6. The topological polar surface area (TPSA) is 80.4 Å². The number of carbonyl (C=O) groups is 2. The first-order valence-corrected chi connectivity index (χ1v) is 20.9. The summed E-state index contributed by atoms with van der Waals surface area (Å²) >= 11 is 0. The number of piperazine rings is 2. The van der Waals surface area contributed by atoms with E-state index in [0.717, 1.165) is 116 Å². The summed E-state index contributed by atoms with van der Waals surface area (Å²) in [7, 11) is 1.38. The molecule has 336 valence electrons. The van der Waals surface area contributed by atoms with Gasteiger partial charge in [0.2, 0.25) is 0 Å². The van der Waals surface area contributed by atoms with Crippen LogP contribution in [0.4, 0.5) is 55.7 Å². The molecule has 2 amide bonds. The number of alkyl halides is 9. The van der Waals surface area contributed by atoms with Crippen molar-refractivity contribution < 1.29 is 53.8 Å². The molecule has 6 rings (SSSR count). The van der Waals surface area contributed by atoms with E-state index >= 15 is 0 Å². The van der Waals surface area contributed by atoms with E-state index in [-0.39, 0.29) is 12.1 Å². The molecule has 2 heterocycles. The van der Waals surface area contributed by atoms with Crippen LogP contribution in [-0.4, -0.2) is 113 Å². The van der Waals surface area contributed by atoms with Crippen molar-refractivity contribution in [1.82, 2.24) is 20.4 Å². The van der Waals surface area contributed by atoms with Gasteiger partial charge in [0.05, 0.1) is 18.2 Å². The van der Waals surface area contributed by atoms with Crippen molar-refractivity contribution in [3.63, 3.8) is 0 Å². The van der Waals surface area contributed by atoms with Gasteiger partial charge < -0.3 is 25.2 Å². The monoisotopic (exact) mass is 864 g/mol. The minimum absolute atomic E-state index is 0.217. The summed E-state index contributed by atoms with van der Waals surface area (Å²) in [6.07, 6.45) is -4.91. The van der Waals surface area contributed by atoms with E-state index in [9.17, 15) is 49.1 Å². The molecule has 0 radical (unpaired) electrons. The molecular formula is C42H57F9N6O3. The second-order valence-corrected chi connectivity index (χ2v) is 16.4. The first-order chi connectivity index (χ1) is 28.4. The molecule has 4 fully saturated rings. The van der Waals surface area contributed by atoms with Gasteiger partial charge in [0.1, 0.15) is 0 Å². The first-order valence-electron chi connectivity index (χ1n) is 20.9. The molecular weight excluding hydrogens is 807 g/mol. The smallest absolute Gasteiger partial charge is 0.453 e. The number of nitrogens with zero attached hydrogens (tertiary/aromatic N) is 4. The Morgan fingerprint density at radius 1 is 0.583 bits per heavy atom. The molecule has 2 N–H and O–H groups in total. The lowest BCUT2D eigenvalue weighted by Gasteiger charge is -2.37. The number of halogens is 9. The Labute approximate surface area is 345 Å². The van der Waals surface area contributed by atoms with Crippen LogP contribution in [0.15, 0.2) is 48.5 Å². The van der Waals surface area contributed by atoms with E-state index in [0.29, 0.717) is 49.1 Å². The van der Waals surface area contributed by atoms with E-state index in [1.54, 1.807) is 12.1 Å². The van der Waals surface area contributed by atoms with Crippen LogP contribution in [0.2, 0.25) is 0 Å². The van der Waals surface area contributed by atoms with Crippen LogP contribution in [0.25, 0.3) is 0 Å². The van der Waals surface area contributed by atoms with Gasteiger partial charge in [0.25, 0.3) is 0 Å². The van der Waals surface area contributed by atoms with Crippen molar-refractivity contribution in [2.75, 3.05) is 82.4 Å². The third-order valence-corrected chi connectivity index (χ3v) is 12.3. The molecule has 0 unspecified atom stereocenters. The predicted molar refractivity (Wildman–Crippen MR) is 211 cm³/mol. The van der Waals surface area contributed by atoms with E-state index < -0.39 is 41.6 Å². The molecule has 2 saturated heterocycles. The molecule has 2 aromatic rings. The highest BCUT2D eigenvalue weighted by atomic mass is 19.4. The Kier molecular flexibility index (Phi) is 16.7. The fourth-order valence-corrected chi connectivity index (χ4v) is 8.63. The van der Waals surface area contributed by atoms with Crippen LogP contribution in [0.1, 0.15) is 75.3 Å². The number of rotatable bonds is 10. The number of hydrogen-bond donors (Lipinski definition) is 2. The van der Waals surface area contributed by atoms with Gasteiger partial charge in [-0.2, -0.15) is 39.5 Å². The predicted octanol–water partition coefficient (Wildman–Crippen LogP) is 8.59. The average Bonchev–Trinajstić information content (AvgIpc) is 3.23. The quantitative estimate of drug-likeness (QED) is 0.232. The Morgan fingerprint density at radius 2 is 0.967 bits per heavy atom. The Hall–Kier alpha value is -3.93. The van der Waals surface area contributed by atoms with Gasteiger partial charge >= 0.3 is 30.5 Å². The number of benzene rings is 2. The number of anilines is 2. The summed E-state index contributed by atoms with van der Waals surface area (Å²) < 4.78 is 119. The molecule has 2 aliphatic carbocycles. The summed E-state index contributed by atoms with van der Waals surface area (Å²) in [6, 6.07) is 10.8. The molecule has 2 aromatic carbocycles. The number of nitrogens with one attached hydrogen (secondary N) is 2. The van der Waals surface area contributed by atoms with Crippen LogP contribution in [0, 0.1) is 11.8 Å². The van der Waals surface area contributed by atoms with Gasteiger partial charge in [-0.3, -0.25) is 14.6 Å². The fraction of sp³-hybridized carbons (Fsp3) is 0.667. The number of ether oxygens (including phenoxy) is 1. The molecule has 18 heteroatoms. The lowest BCUT2D eigenvalue weighted by molar-refractivity contribution is -0.174. The van der Waals surface area contributed by atoms with Gasteiger partial charge in [-0.1, -0.05) is 12.1 Å². The number of carbonyl (C=O) groups excluding carboxylic acids is 2. The number of hydrogen-bond acceptors (Lipinski definition) is 7. The van der Waals surface area contributed by atoms with Crippen LogP contribution in [-0.2, 0) is 21.9 Å². The van der Waals surface area contributed by atoms with E-state index in [1.807, 2.05) is 9.80 Å². The van der Waals surface area contributed by atoms with Gasteiger partial charge in [0.15, 0.2) is 0 Å². The van der Waals surface area contributed by atoms with E-state index in [2.05, 4.69) is 25.2 Å². The van der Waals surface area contributed by atoms with Crippen LogP contribution in [0.3, 0.4) is 0 Å². The first kappa shape index (κ1) is 47.1. The van der Waals surface area contributed by atoms with Crippen molar-refractivity contribution in [3.05, 3.63) is 59.7 Å². The summed E-state index contributed by atoms with van der Waals surface area (Å²) in [4.78, 5) is 31.0. The van der Waals surface area contributed by atoms with Crippen molar-refractivity contribution in [2.45, 2.75) is 94.8 Å². The van der Waals surface area contributed by atoms with Crippen molar-refractivity contribution >= 4 is 23.4 Å². The van der Waals surface area contributed by atoms with Crippen molar-refractivity contribution in [2.24, 2.45) is 11.8 Å². The average molecular weight is 865 g/mol. The number of alkyl carbamates (subject to hydrolysis) is 1. The fourth-order valence-electron chi connectivity index (χ4n) is 8.63. The molecule has 0 aromatic heterocycles. The molecule has 0 spiro atoms. The Bertz CT molecular complexity index is 1640. The van der Waals surface area contributed by atoms with Gasteiger partial charge in [0, 0.05) is 75.8 Å². The van der Waals surface area contributed by atoms with Crippen LogP contribution < -0.4 is 20.4 Å². The van der Waals surface area contributed by atoms with E-state index in [1.165, 1.54) is 31.4 Å². The summed E-state index contributed by atoms with van der Waals surface area (Å²) in [5, 5.41) is 4.95. The molecule has 60 heavy (non-hydrogen) atoms. The molecule has 0 bridgehead atoms. The zero-order valence-electron chi connectivity index (χ0n) is 34.0. The maximum atomic E-state index is 12.9.